The Balaban J connectivity index is 1.96. The van der Waals surface area contributed by atoms with Crippen molar-refractivity contribution in [1.29, 1.82) is 0 Å². The minimum atomic E-state index is -0.500. The highest BCUT2D eigenvalue weighted by atomic mass is 16.2. The second-order valence-electron chi connectivity index (χ2n) is 5.35. The first kappa shape index (κ1) is 14.6. The lowest BCUT2D eigenvalue weighted by Crippen LogP contribution is -2.48. The number of hydrogen-bond donors (Lipinski definition) is 1. The summed E-state index contributed by atoms with van der Waals surface area (Å²) >= 11 is 0. The number of carbonyl (C=O) groups is 2. The van der Waals surface area contributed by atoms with Crippen LogP contribution in [0.15, 0.2) is 6.20 Å². The molecule has 6 heteroatoms. The van der Waals surface area contributed by atoms with Gasteiger partial charge in [0.05, 0.1) is 11.8 Å². The van der Waals surface area contributed by atoms with Gasteiger partial charge in [-0.15, -0.1) is 0 Å². The highest BCUT2D eigenvalue weighted by Gasteiger charge is 2.24. The summed E-state index contributed by atoms with van der Waals surface area (Å²) in [6.45, 7) is 5.16. The first-order valence-electron chi connectivity index (χ1n) is 7.09. The summed E-state index contributed by atoms with van der Waals surface area (Å²) in [7, 11) is 1.79. The van der Waals surface area contributed by atoms with Crippen molar-refractivity contribution < 1.29 is 9.59 Å². The molecule has 2 amide bonds. The van der Waals surface area contributed by atoms with Gasteiger partial charge in [0.15, 0.2) is 0 Å². The molecule has 1 aromatic heterocycles. The van der Waals surface area contributed by atoms with E-state index < -0.39 is 6.04 Å². The maximum Gasteiger partial charge on any atom is 0.255 e. The van der Waals surface area contributed by atoms with Crippen molar-refractivity contribution >= 4 is 11.8 Å². The Labute approximate surface area is 119 Å². The van der Waals surface area contributed by atoms with Crippen LogP contribution in [0.3, 0.4) is 0 Å². The van der Waals surface area contributed by atoms with Crippen LogP contribution in [0.25, 0.3) is 0 Å². The molecule has 2 heterocycles. The van der Waals surface area contributed by atoms with Gasteiger partial charge in [-0.2, -0.15) is 5.10 Å². The Hall–Kier alpha value is -1.85. The van der Waals surface area contributed by atoms with Crippen molar-refractivity contribution in [3.05, 3.63) is 17.5 Å². The van der Waals surface area contributed by atoms with Crippen LogP contribution in [0.5, 0.6) is 0 Å². The third-order valence-corrected chi connectivity index (χ3v) is 3.87. The van der Waals surface area contributed by atoms with E-state index in [4.69, 9.17) is 0 Å². The molecule has 1 atom stereocenters. The molecular formula is C14H22N4O2. The fourth-order valence-corrected chi connectivity index (χ4v) is 2.45. The Kier molecular flexibility index (Phi) is 4.42. The molecule has 0 aromatic carbocycles. The number of aryl methyl sites for hydroxylation is 1. The number of rotatable bonds is 3. The van der Waals surface area contributed by atoms with Gasteiger partial charge < -0.3 is 10.2 Å². The Morgan fingerprint density at radius 2 is 1.95 bits per heavy atom. The second-order valence-corrected chi connectivity index (χ2v) is 5.35. The van der Waals surface area contributed by atoms with Gasteiger partial charge in [0.25, 0.3) is 5.91 Å². The topological polar surface area (TPSA) is 67.2 Å². The number of amides is 2. The second kappa shape index (κ2) is 6.07. The molecule has 0 bridgehead atoms. The zero-order valence-corrected chi connectivity index (χ0v) is 12.3. The number of piperidine rings is 1. The highest BCUT2D eigenvalue weighted by Crippen LogP contribution is 2.11. The summed E-state index contributed by atoms with van der Waals surface area (Å²) in [5, 5.41) is 6.80. The van der Waals surface area contributed by atoms with E-state index in [2.05, 4.69) is 10.4 Å². The van der Waals surface area contributed by atoms with Crippen LogP contribution in [0.1, 0.15) is 42.2 Å². The van der Waals surface area contributed by atoms with E-state index in [1.807, 2.05) is 11.8 Å². The number of nitrogens with one attached hydrogen (secondary N) is 1. The van der Waals surface area contributed by atoms with E-state index in [1.54, 1.807) is 18.7 Å². The van der Waals surface area contributed by atoms with Gasteiger partial charge in [0.2, 0.25) is 5.91 Å². The van der Waals surface area contributed by atoms with Crippen molar-refractivity contribution in [3.8, 4) is 0 Å². The molecule has 0 radical (unpaired) electrons. The van der Waals surface area contributed by atoms with Crippen molar-refractivity contribution in [3.63, 3.8) is 0 Å². The quantitative estimate of drug-likeness (QED) is 0.891. The average Bonchev–Trinajstić information content (AvgIpc) is 2.79. The van der Waals surface area contributed by atoms with Crippen LogP contribution in [0, 0.1) is 6.92 Å². The first-order valence-corrected chi connectivity index (χ1v) is 7.09. The van der Waals surface area contributed by atoms with Crippen LogP contribution in [0.2, 0.25) is 0 Å². The largest absolute Gasteiger partial charge is 0.341 e. The van der Waals surface area contributed by atoms with Gasteiger partial charge in [-0.3, -0.25) is 14.3 Å². The molecule has 1 saturated heterocycles. The van der Waals surface area contributed by atoms with E-state index in [1.165, 1.54) is 12.6 Å². The van der Waals surface area contributed by atoms with Crippen molar-refractivity contribution in [2.24, 2.45) is 7.05 Å². The summed E-state index contributed by atoms with van der Waals surface area (Å²) < 4.78 is 1.64. The van der Waals surface area contributed by atoms with Crippen LogP contribution in [-0.2, 0) is 11.8 Å². The normalized spacial score (nSPS) is 16.9. The summed E-state index contributed by atoms with van der Waals surface area (Å²) in [4.78, 5) is 26.2. The number of hydrogen-bond acceptors (Lipinski definition) is 3. The summed E-state index contributed by atoms with van der Waals surface area (Å²) in [5.74, 6) is -0.243. The maximum absolute atomic E-state index is 12.2. The van der Waals surface area contributed by atoms with Crippen LogP contribution in [-0.4, -0.2) is 45.6 Å². The zero-order chi connectivity index (χ0) is 14.7. The lowest BCUT2D eigenvalue weighted by atomic mass is 10.1. The minimum absolute atomic E-state index is 0.000377. The Morgan fingerprint density at radius 3 is 2.50 bits per heavy atom. The molecule has 20 heavy (non-hydrogen) atoms. The number of carbonyl (C=O) groups excluding carboxylic acids is 2. The molecule has 0 spiro atoms. The molecule has 1 aliphatic rings. The summed E-state index contributed by atoms with van der Waals surface area (Å²) in [6, 6.07) is -0.500. The molecule has 0 aliphatic carbocycles. The van der Waals surface area contributed by atoms with Gasteiger partial charge >= 0.3 is 0 Å². The van der Waals surface area contributed by atoms with E-state index in [0.29, 0.717) is 5.56 Å². The molecule has 0 unspecified atom stereocenters. The minimum Gasteiger partial charge on any atom is -0.341 e. The molecule has 2 rings (SSSR count). The number of aromatic nitrogens is 2. The molecule has 1 fully saturated rings. The van der Waals surface area contributed by atoms with Crippen molar-refractivity contribution in [2.75, 3.05) is 13.1 Å². The Morgan fingerprint density at radius 1 is 1.30 bits per heavy atom. The smallest absolute Gasteiger partial charge is 0.255 e. The predicted molar refractivity (Wildman–Crippen MR) is 75.3 cm³/mol. The van der Waals surface area contributed by atoms with Crippen molar-refractivity contribution in [1.82, 2.24) is 20.0 Å². The van der Waals surface area contributed by atoms with Gasteiger partial charge in [0, 0.05) is 25.8 Å². The number of nitrogens with zero attached hydrogens (tertiary/aromatic N) is 3. The average molecular weight is 278 g/mol. The fourth-order valence-electron chi connectivity index (χ4n) is 2.45. The van der Waals surface area contributed by atoms with Crippen LogP contribution < -0.4 is 5.32 Å². The first-order chi connectivity index (χ1) is 9.50. The monoisotopic (exact) mass is 278 g/mol. The molecular weight excluding hydrogens is 256 g/mol. The van der Waals surface area contributed by atoms with E-state index in [-0.39, 0.29) is 11.8 Å². The van der Waals surface area contributed by atoms with Crippen molar-refractivity contribution in [2.45, 2.75) is 39.2 Å². The lowest BCUT2D eigenvalue weighted by molar-refractivity contribution is -0.133. The Bertz CT molecular complexity index is 503. The van der Waals surface area contributed by atoms with Gasteiger partial charge in [-0.25, -0.2) is 0 Å². The van der Waals surface area contributed by atoms with Gasteiger partial charge in [0.1, 0.15) is 6.04 Å². The molecule has 1 N–H and O–H groups in total. The molecule has 6 nitrogen and oxygen atoms in total. The standard InChI is InChI=1S/C14H22N4O2/c1-10(14(20)18-7-5-4-6-8-18)16-13(19)12-9-15-17(3)11(12)2/h9-10H,4-8H2,1-3H3,(H,16,19)/t10-/m1/s1. The molecule has 0 saturated carbocycles. The maximum atomic E-state index is 12.2. The van der Waals surface area contributed by atoms with Crippen LogP contribution >= 0.6 is 0 Å². The lowest BCUT2D eigenvalue weighted by Gasteiger charge is -2.29. The predicted octanol–water partition coefficient (Wildman–Crippen LogP) is 0.859. The SMILES string of the molecule is Cc1c(C(=O)N[C@H](C)C(=O)N2CCCCC2)cnn1C. The summed E-state index contributed by atoms with van der Waals surface area (Å²) in [6.07, 6.45) is 4.81. The van der Waals surface area contributed by atoms with Gasteiger partial charge in [-0.1, -0.05) is 0 Å². The zero-order valence-electron chi connectivity index (χ0n) is 12.3. The molecule has 1 aromatic rings. The molecule has 110 valence electrons. The highest BCUT2D eigenvalue weighted by molar-refractivity contribution is 5.98. The third kappa shape index (κ3) is 3.00. The number of likely N-dealkylation sites (tertiary alicyclic amines) is 1. The molecule has 1 aliphatic heterocycles. The summed E-state index contributed by atoms with van der Waals surface area (Å²) in [5.41, 5.74) is 1.31. The van der Waals surface area contributed by atoms with E-state index >= 15 is 0 Å². The van der Waals surface area contributed by atoms with Gasteiger partial charge in [-0.05, 0) is 33.1 Å². The van der Waals surface area contributed by atoms with E-state index in [0.717, 1.165) is 31.6 Å². The van der Waals surface area contributed by atoms with Crippen LogP contribution in [0.4, 0.5) is 0 Å². The fraction of sp³-hybridized carbons (Fsp3) is 0.643. The third-order valence-electron chi connectivity index (χ3n) is 3.87. The van der Waals surface area contributed by atoms with E-state index in [9.17, 15) is 9.59 Å².